The lowest BCUT2D eigenvalue weighted by Gasteiger charge is -2.40. The normalized spacial score (nSPS) is 24.1. The van der Waals surface area contributed by atoms with Crippen LogP contribution in [-0.2, 0) is 9.47 Å². The van der Waals surface area contributed by atoms with Gasteiger partial charge in [0, 0.05) is 18.6 Å². The molecule has 0 spiro atoms. The summed E-state index contributed by atoms with van der Waals surface area (Å²) >= 11 is 0. The van der Waals surface area contributed by atoms with Crippen LogP contribution in [0.1, 0.15) is 39.2 Å². The van der Waals surface area contributed by atoms with E-state index in [1.165, 1.54) is 5.57 Å². The molecular formula is C16H20O3. The molecule has 0 amide bonds. The summed E-state index contributed by atoms with van der Waals surface area (Å²) in [5, 5.41) is 0. The zero-order valence-electron chi connectivity index (χ0n) is 11.7. The summed E-state index contributed by atoms with van der Waals surface area (Å²) in [6.07, 6.45) is 1.72. The molecule has 2 aliphatic rings. The van der Waals surface area contributed by atoms with Crippen molar-refractivity contribution in [2.45, 2.75) is 45.5 Å². The Morgan fingerprint density at radius 3 is 2.89 bits per heavy atom. The molecule has 0 saturated heterocycles. The van der Waals surface area contributed by atoms with E-state index in [-0.39, 0.29) is 11.9 Å². The summed E-state index contributed by atoms with van der Waals surface area (Å²) in [4.78, 5) is 0. The van der Waals surface area contributed by atoms with Gasteiger partial charge in [-0.15, -0.1) is 0 Å². The highest BCUT2D eigenvalue weighted by atomic mass is 16.7. The predicted octanol–water partition coefficient (Wildman–Crippen LogP) is 3.74. The van der Waals surface area contributed by atoms with Gasteiger partial charge in [-0.2, -0.15) is 0 Å². The monoisotopic (exact) mass is 260 g/mol. The van der Waals surface area contributed by atoms with Gasteiger partial charge < -0.3 is 14.2 Å². The van der Waals surface area contributed by atoms with Crippen LogP contribution in [0.3, 0.4) is 0 Å². The second kappa shape index (κ2) is 4.57. The van der Waals surface area contributed by atoms with Crippen molar-refractivity contribution in [1.82, 2.24) is 0 Å². The Balaban J connectivity index is 2.04. The second-order valence-corrected chi connectivity index (χ2v) is 5.46. The molecule has 0 fully saturated rings. The lowest BCUT2D eigenvalue weighted by molar-refractivity contribution is -0.106. The summed E-state index contributed by atoms with van der Waals surface area (Å²) in [6.45, 7) is 6.87. The molecule has 0 N–H and O–H groups in total. The summed E-state index contributed by atoms with van der Waals surface area (Å²) < 4.78 is 17.8. The number of benzene rings is 1. The van der Waals surface area contributed by atoms with E-state index in [0.29, 0.717) is 6.61 Å². The second-order valence-electron chi connectivity index (χ2n) is 5.46. The first kappa shape index (κ1) is 12.5. The molecule has 0 radical (unpaired) electrons. The number of hydrogen-bond acceptors (Lipinski definition) is 3. The Morgan fingerprint density at radius 2 is 2.11 bits per heavy atom. The Kier molecular flexibility index (Phi) is 3.02. The van der Waals surface area contributed by atoms with Gasteiger partial charge in [0.15, 0.2) is 6.29 Å². The number of fused-ring (bicyclic) bond motifs is 2. The zero-order chi connectivity index (χ0) is 13.5. The molecule has 0 aromatic heterocycles. The molecule has 1 unspecified atom stereocenters. The van der Waals surface area contributed by atoms with Crippen LogP contribution < -0.4 is 4.74 Å². The third-order valence-electron chi connectivity index (χ3n) is 3.73. The lowest BCUT2D eigenvalue weighted by atomic mass is 9.86. The summed E-state index contributed by atoms with van der Waals surface area (Å²) in [6, 6.07) is 8.05. The van der Waals surface area contributed by atoms with Gasteiger partial charge in [-0.25, -0.2) is 0 Å². The molecule has 0 saturated carbocycles. The molecule has 3 heteroatoms. The Labute approximate surface area is 114 Å². The molecule has 102 valence electrons. The molecule has 2 heterocycles. The Hall–Kier alpha value is -1.48. The fourth-order valence-electron chi connectivity index (χ4n) is 2.82. The minimum Gasteiger partial charge on any atom is -0.483 e. The highest BCUT2D eigenvalue weighted by Gasteiger charge is 2.39. The largest absolute Gasteiger partial charge is 0.483 e. The predicted molar refractivity (Wildman–Crippen MR) is 73.8 cm³/mol. The third-order valence-corrected chi connectivity index (χ3v) is 3.73. The van der Waals surface area contributed by atoms with Gasteiger partial charge in [0.1, 0.15) is 17.1 Å². The highest BCUT2D eigenvalue weighted by molar-refractivity contribution is 5.72. The number of hydrogen-bond donors (Lipinski definition) is 0. The van der Waals surface area contributed by atoms with E-state index in [1.54, 1.807) is 0 Å². The lowest BCUT2D eigenvalue weighted by Crippen LogP contribution is -2.38. The van der Waals surface area contributed by atoms with Crippen molar-refractivity contribution >= 4 is 5.76 Å². The van der Waals surface area contributed by atoms with Gasteiger partial charge in [-0.05, 0) is 39.3 Å². The zero-order valence-corrected chi connectivity index (χ0v) is 11.7. The van der Waals surface area contributed by atoms with E-state index >= 15 is 0 Å². The molecule has 0 bridgehead atoms. The van der Waals surface area contributed by atoms with Crippen LogP contribution in [0, 0.1) is 0 Å². The van der Waals surface area contributed by atoms with Crippen LogP contribution in [0.4, 0.5) is 0 Å². The first-order chi connectivity index (χ1) is 9.12. The van der Waals surface area contributed by atoms with Gasteiger partial charge in [-0.1, -0.05) is 12.1 Å². The van der Waals surface area contributed by atoms with E-state index in [2.05, 4.69) is 13.8 Å². The quantitative estimate of drug-likeness (QED) is 0.810. The topological polar surface area (TPSA) is 27.7 Å². The Bertz CT molecular complexity index is 516. The fraction of sp³-hybridized carbons (Fsp3) is 0.500. The van der Waals surface area contributed by atoms with Crippen molar-refractivity contribution in [3.63, 3.8) is 0 Å². The number of ether oxygens (including phenoxy) is 3. The van der Waals surface area contributed by atoms with Crippen molar-refractivity contribution in [3.05, 3.63) is 35.4 Å². The first-order valence-corrected chi connectivity index (χ1v) is 6.92. The van der Waals surface area contributed by atoms with Crippen LogP contribution in [0.2, 0.25) is 0 Å². The maximum Gasteiger partial charge on any atom is 0.200 e. The van der Waals surface area contributed by atoms with Crippen LogP contribution in [0.15, 0.2) is 29.8 Å². The fourth-order valence-corrected chi connectivity index (χ4v) is 2.82. The van der Waals surface area contributed by atoms with E-state index < -0.39 is 0 Å². The van der Waals surface area contributed by atoms with Crippen molar-refractivity contribution < 1.29 is 14.2 Å². The summed E-state index contributed by atoms with van der Waals surface area (Å²) in [7, 11) is 0. The van der Waals surface area contributed by atoms with E-state index in [9.17, 15) is 0 Å². The van der Waals surface area contributed by atoms with Crippen molar-refractivity contribution in [1.29, 1.82) is 0 Å². The molecule has 2 aliphatic heterocycles. The number of rotatable bonds is 2. The smallest absolute Gasteiger partial charge is 0.200 e. The minimum atomic E-state index is -0.305. The maximum atomic E-state index is 6.11. The molecule has 1 aromatic rings. The summed E-state index contributed by atoms with van der Waals surface area (Å²) in [5.41, 5.74) is 1.98. The summed E-state index contributed by atoms with van der Waals surface area (Å²) in [5.74, 6) is 1.85. The molecule has 3 nitrogen and oxygen atoms in total. The van der Waals surface area contributed by atoms with Crippen LogP contribution in [-0.4, -0.2) is 18.5 Å². The number of para-hydroxylation sites is 1. The highest BCUT2D eigenvalue weighted by Crippen LogP contribution is 2.45. The van der Waals surface area contributed by atoms with Gasteiger partial charge in [0.05, 0.1) is 5.56 Å². The molecule has 3 rings (SSSR count). The van der Waals surface area contributed by atoms with Crippen molar-refractivity contribution in [3.8, 4) is 5.75 Å². The van der Waals surface area contributed by atoms with Gasteiger partial charge in [0.2, 0.25) is 0 Å². The van der Waals surface area contributed by atoms with Gasteiger partial charge in [-0.3, -0.25) is 0 Å². The van der Waals surface area contributed by atoms with Crippen molar-refractivity contribution in [2.24, 2.45) is 0 Å². The van der Waals surface area contributed by atoms with Crippen LogP contribution >= 0.6 is 0 Å². The van der Waals surface area contributed by atoms with E-state index in [0.717, 1.165) is 29.9 Å². The maximum absolute atomic E-state index is 6.11. The average Bonchev–Trinajstić information content (AvgIpc) is 2.38. The van der Waals surface area contributed by atoms with E-state index in [4.69, 9.17) is 14.2 Å². The first-order valence-electron chi connectivity index (χ1n) is 6.92. The molecule has 19 heavy (non-hydrogen) atoms. The van der Waals surface area contributed by atoms with Crippen LogP contribution in [0.5, 0.6) is 5.75 Å². The van der Waals surface area contributed by atoms with Crippen LogP contribution in [0.25, 0.3) is 5.76 Å². The minimum absolute atomic E-state index is 0.134. The molecule has 1 atom stereocenters. The van der Waals surface area contributed by atoms with Gasteiger partial charge >= 0.3 is 0 Å². The standard InChI is InChI=1S/C16H20O3/c1-4-17-14-10-9-12-15(18-14)11-7-5-6-8-13(11)19-16(12,2)3/h5-8,14H,4,9-10H2,1-3H3. The molecular weight excluding hydrogens is 240 g/mol. The van der Waals surface area contributed by atoms with E-state index in [1.807, 2.05) is 31.2 Å². The Morgan fingerprint density at radius 1 is 1.32 bits per heavy atom. The SMILES string of the molecule is CCOC1CCC2=C(O1)c1ccccc1OC2(C)C. The average molecular weight is 260 g/mol. The third kappa shape index (κ3) is 2.12. The van der Waals surface area contributed by atoms with Crippen molar-refractivity contribution in [2.75, 3.05) is 6.61 Å². The molecule has 0 aliphatic carbocycles. The van der Waals surface area contributed by atoms with Gasteiger partial charge in [0.25, 0.3) is 0 Å². The molecule has 1 aromatic carbocycles.